The highest BCUT2D eigenvalue weighted by Crippen LogP contribution is 2.05. The fourth-order valence-corrected chi connectivity index (χ4v) is 3.65. The first-order valence-electron chi connectivity index (χ1n) is 9.21. The Balaban J connectivity index is 1.99. The van der Waals surface area contributed by atoms with Crippen molar-refractivity contribution in [2.45, 2.75) is 0 Å². The van der Waals surface area contributed by atoms with Gasteiger partial charge >= 0.3 is 0 Å². The minimum Gasteiger partial charge on any atom is -0.400 e. The molecule has 0 aromatic heterocycles. The van der Waals surface area contributed by atoms with Gasteiger partial charge in [0.1, 0.15) is 0 Å². The van der Waals surface area contributed by atoms with Crippen LogP contribution >= 0.6 is 0 Å². The first-order chi connectivity index (χ1) is 12.9. The van der Waals surface area contributed by atoms with Crippen molar-refractivity contribution in [1.82, 2.24) is 15.2 Å². The fraction of sp³-hybridized carbons (Fsp3) is 0.875. The predicted octanol–water partition coefficient (Wildman–Crippen LogP) is -2.04. The second-order valence-corrected chi connectivity index (χ2v) is 8.61. The maximum Gasteiger partial charge on any atom is 0.152 e. The van der Waals surface area contributed by atoms with Crippen LogP contribution in [0.25, 0.3) is 0 Å². The molecule has 1 heterocycles. The third-order valence-corrected chi connectivity index (χ3v) is 5.52. The highest BCUT2D eigenvalue weighted by molar-refractivity contribution is 7.91. The van der Waals surface area contributed by atoms with Crippen LogP contribution in [0.15, 0.2) is 11.9 Å². The number of hydrogen-bond acceptors (Lipinski definition) is 10. The summed E-state index contributed by atoms with van der Waals surface area (Å²) in [5, 5.41) is 4.48. The lowest BCUT2D eigenvalue weighted by atomic mass is 10.4. The van der Waals surface area contributed by atoms with Crippen LogP contribution in [0.1, 0.15) is 0 Å². The number of nitrogens with one attached hydrogen (secondary N) is 1. The van der Waals surface area contributed by atoms with Gasteiger partial charge in [0, 0.05) is 38.1 Å². The molecular weight excluding hydrogens is 374 g/mol. The molecule has 11 heteroatoms. The second-order valence-electron chi connectivity index (χ2n) is 6.31. The van der Waals surface area contributed by atoms with Gasteiger partial charge in [0.05, 0.1) is 57.7 Å². The van der Waals surface area contributed by atoms with E-state index in [1.807, 2.05) is 11.9 Å². The van der Waals surface area contributed by atoms with Gasteiger partial charge in [0.15, 0.2) is 9.84 Å². The highest BCUT2D eigenvalue weighted by atomic mass is 32.2. The van der Waals surface area contributed by atoms with E-state index in [1.165, 1.54) is 5.01 Å². The summed E-state index contributed by atoms with van der Waals surface area (Å²) in [7, 11) is -0.995. The van der Waals surface area contributed by atoms with Crippen molar-refractivity contribution in [3.8, 4) is 0 Å². The van der Waals surface area contributed by atoms with Crippen molar-refractivity contribution in [3.05, 3.63) is 11.9 Å². The molecule has 5 N–H and O–H groups in total. The molecule has 0 unspecified atom stereocenters. The Morgan fingerprint density at radius 3 is 2.22 bits per heavy atom. The molecule has 0 saturated carbocycles. The number of hydrazine groups is 1. The molecule has 0 aliphatic carbocycles. The van der Waals surface area contributed by atoms with Crippen molar-refractivity contribution >= 4 is 9.84 Å². The summed E-state index contributed by atoms with van der Waals surface area (Å²) >= 11 is 0. The van der Waals surface area contributed by atoms with Crippen LogP contribution in [0.2, 0.25) is 0 Å². The van der Waals surface area contributed by atoms with Crippen LogP contribution in [-0.2, 0) is 24.0 Å². The highest BCUT2D eigenvalue weighted by Gasteiger charge is 2.21. The van der Waals surface area contributed by atoms with Crippen LogP contribution in [-0.4, -0.2) is 109 Å². The zero-order valence-corrected chi connectivity index (χ0v) is 17.1. The predicted molar refractivity (Wildman–Crippen MR) is 105 cm³/mol. The average molecular weight is 410 g/mol. The Morgan fingerprint density at radius 1 is 1.07 bits per heavy atom. The molecule has 0 bridgehead atoms. The van der Waals surface area contributed by atoms with Crippen LogP contribution in [0, 0.1) is 0 Å². The number of ether oxygens (including phenoxy) is 3. The maximum atomic E-state index is 11.4. The monoisotopic (exact) mass is 409 g/mol. The fourth-order valence-electron chi connectivity index (χ4n) is 2.37. The van der Waals surface area contributed by atoms with E-state index >= 15 is 0 Å². The van der Waals surface area contributed by atoms with Crippen LogP contribution in [0.4, 0.5) is 0 Å². The lowest BCUT2D eigenvalue weighted by Crippen LogP contribution is -2.42. The Kier molecular flexibility index (Phi) is 12.6. The van der Waals surface area contributed by atoms with Gasteiger partial charge in [-0.2, -0.15) is 0 Å². The van der Waals surface area contributed by atoms with E-state index in [1.54, 1.807) is 6.20 Å². The molecule has 1 aliphatic heterocycles. The molecule has 1 rings (SSSR count). The summed E-state index contributed by atoms with van der Waals surface area (Å²) < 4.78 is 39.0. The summed E-state index contributed by atoms with van der Waals surface area (Å²) in [6.07, 6.45) is 1.66. The molecule has 1 saturated heterocycles. The summed E-state index contributed by atoms with van der Waals surface area (Å²) in [4.78, 5) is 2.01. The van der Waals surface area contributed by atoms with Gasteiger partial charge in [-0.15, -0.1) is 0 Å². The van der Waals surface area contributed by atoms with Crippen LogP contribution < -0.4 is 16.9 Å². The van der Waals surface area contributed by atoms with Crippen molar-refractivity contribution in [3.63, 3.8) is 0 Å². The van der Waals surface area contributed by atoms with Crippen molar-refractivity contribution in [1.29, 1.82) is 0 Å². The molecule has 160 valence electrons. The van der Waals surface area contributed by atoms with Crippen molar-refractivity contribution in [2.75, 3.05) is 90.9 Å². The molecule has 0 spiro atoms. The van der Waals surface area contributed by atoms with E-state index < -0.39 is 9.84 Å². The topological polar surface area (TPSA) is 132 Å². The summed E-state index contributed by atoms with van der Waals surface area (Å²) in [5.74, 6) is 6.24. The zero-order chi connectivity index (χ0) is 20.0. The lowest BCUT2D eigenvalue weighted by Gasteiger charge is -2.27. The molecule has 0 radical (unpaired) electrons. The number of nitrogens with zero attached hydrogens (tertiary/aromatic N) is 2. The van der Waals surface area contributed by atoms with Gasteiger partial charge < -0.3 is 30.3 Å². The number of rotatable bonds is 15. The van der Waals surface area contributed by atoms with Crippen LogP contribution in [0.3, 0.4) is 0 Å². The van der Waals surface area contributed by atoms with Gasteiger partial charge in [-0.05, 0) is 7.05 Å². The molecule has 10 nitrogen and oxygen atoms in total. The Labute approximate surface area is 162 Å². The third kappa shape index (κ3) is 13.0. The smallest absolute Gasteiger partial charge is 0.152 e. The van der Waals surface area contributed by atoms with E-state index in [0.29, 0.717) is 71.5 Å². The normalized spacial score (nSPS) is 17.9. The minimum atomic E-state index is -2.88. The zero-order valence-electron chi connectivity index (χ0n) is 16.3. The molecule has 0 aromatic rings. The molecule has 1 fully saturated rings. The summed E-state index contributed by atoms with van der Waals surface area (Å²) in [6, 6.07) is 0. The van der Waals surface area contributed by atoms with E-state index in [-0.39, 0.29) is 11.5 Å². The van der Waals surface area contributed by atoms with Crippen molar-refractivity contribution in [2.24, 2.45) is 11.6 Å². The Bertz CT molecular complexity index is 503. The van der Waals surface area contributed by atoms with Gasteiger partial charge in [-0.1, -0.05) is 0 Å². The molecule has 0 atom stereocenters. The number of likely N-dealkylation sites (N-methyl/N-ethyl adjacent to an activating group) is 1. The molecule has 27 heavy (non-hydrogen) atoms. The van der Waals surface area contributed by atoms with Crippen molar-refractivity contribution < 1.29 is 22.6 Å². The first-order valence-corrected chi connectivity index (χ1v) is 11.0. The van der Waals surface area contributed by atoms with Gasteiger partial charge in [0.25, 0.3) is 0 Å². The second kappa shape index (κ2) is 14.1. The average Bonchev–Trinajstić information content (AvgIpc) is 2.61. The summed E-state index contributed by atoms with van der Waals surface area (Å²) in [5.41, 5.74) is 6.57. The largest absolute Gasteiger partial charge is 0.400 e. The number of nitrogens with two attached hydrogens (primary N) is 2. The molecule has 0 aromatic carbocycles. The summed E-state index contributed by atoms with van der Waals surface area (Å²) in [6.45, 7) is 6.12. The third-order valence-electron chi connectivity index (χ3n) is 3.91. The first kappa shape index (κ1) is 24.1. The van der Waals surface area contributed by atoms with Gasteiger partial charge in [0.2, 0.25) is 0 Å². The SMILES string of the molecule is CNCCOCCOCCOCCN(N)/C=C(\N)CN1CCS(=O)(=O)CC1. The Hall–Kier alpha value is -0.950. The molecule has 0 amide bonds. The molecule has 1 aliphatic rings. The number of hydrogen-bond donors (Lipinski definition) is 3. The quantitative estimate of drug-likeness (QED) is 0.158. The minimum absolute atomic E-state index is 0.185. The standard InChI is InChI=1S/C16H35N5O5S/c1-19-2-6-24-8-10-26-11-9-25-7-3-21(18)15-16(17)14-20-4-12-27(22,23)13-5-20/h15,19H,2-14,17-18H2,1H3/b16-15-. The van der Waals surface area contributed by atoms with E-state index in [2.05, 4.69) is 5.32 Å². The number of sulfone groups is 1. The van der Waals surface area contributed by atoms with Gasteiger partial charge in [-0.25, -0.2) is 14.3 Å². The van der Waals surface area contributed by atoms with Gasteiger partial charge in [-0.3, -0.25) is 4.90 Å². The lowest BCUT2D eigenvalue weighted by molar-refractivity contribution is 0.0129. The van der Waals surface area contributed by atoms with E-state index in [0.717, 1.165) is 6.54 Å². The maximum absolute atomic E-state index is 11.4. The van der Waals surface area contributed by atoms with E-state index in [4.69, 9.17) is 25.8 Å². The van der Waals surface area contributed by atoms with E-state index in [9.17, 15) is 8.42 Å². The van der Waals surface area contributed by atoms with Crippen LogP contribution in [0.5, 0.6) is 0 Å². The Morgan fingerprint density at radius 2 is 1.63 bits per heavy atom. The molecular formula is C16H35N5O5S.